The highest BCUT2D eigenvalue weighted by Crippen LogP contribution is 2.15. The molecule has 2 N–H and O–H groups in total. The van der Waals surface area contributed by atoms with Crippen molar-refractivity contribution < 1.29 is 9.90 Å². The number of carbonyl (C=O) groups excluding carboxylic acids is 1. The van der Waals surface area contributed by atoms with Crippen LogP contribution < -0.4 is 5.32 Å². The molecule has 6 nitrogen and oxygen atoms in total. The predicted molar refractivity (Wildman–Crippen MR) is 94.5 cm³/mol. The van der Waals surface area contributed by atoms with Gasteiger partial charge in [-0.05, 0) is 29.7 Å². The third kappa shape index (κ3) is 3.92. The molecule has 1 aromatic carbocycles. The third-order valence-electron chi connectivity index (χ3n) is 4.06. The van der Waals surface area contributed by atoms with Gasteiger partial charge in [0.15, 0.2) is 0 Å². The molecule has 1 amide bonds. The van der Waals surface area contributed by atoms with Crippen LogP contribution in [0.1, 0.15) is 34.5 Å². The Morgan fingerprint density at radius 2 is 2.04 bits per heavy atom. The molecule has 0 aliphatic heterocycles. The van der Waals surface area contributed by atoms with E-state index in [1.807, 2.05) is 24.3 Å². The van der Waals surface area contributed by atoms with Crippen LogP contribution in [0.2, 0.25) is 0 Å². The summed E-state index contributed by atoms with van der Waals surface area (Å²) in [6.07, 6.45) is 7.55. The zero-order chi connectivity index (χ0) is 17.6. The second kappa shape index (κ2) is 7.72. The van der Waals surface area contributed by atoms with E-state index in [0.717, 1.165) is 12.0 Å². The average Bonchev–Trinajstić information content (AvgIpc) is 3.21. The number of aliphatic hydroxyl groups excluding tert-OH is 1. The van der Waals surface area contributed by atoms with Gasteiger partial charge in [-0.25, -0.2) is 9.97 Å². The molecule has 25 heavy (non-hydrogen) atoms. The van der Waals surface area contributed by atoms with Crippen molar-refractivity contribution in [3.63, 3.8) is 0 Å². The predicted octanol–water partition coefficient (Wildman–Crippen LogP) is 2.29. The lowest BCUT2D eigenvalue weighted by atomic mass is 10.0. The number of pyridine rings is 1. The van der Waals surface area contributed by atoms with Gasteiger partial charge in [0.1, 0.15) is 12.1 Å². The molecule has 0 aliphatic rings. The molecule has 1 unspecified atom stereocenters. The van der Waals surface area contributed by atoms with E-state index in [4.69, 9.17) is 0 Å². The number of hydrogen-bond donors (Lipinski definition) is 2. The Labute approximate surface area is 146 Å². The van der Waals surface area contributed by atoms with E-state index in [1.165, 1.54) is 11.8 Å². The molecular weight excluding hydrogens is 316 g/mol. The second-order valence-electron chi connectivity index (χ2n) is 5.68. The summed E-state index contributed by atoms with van der Waals surface area (Å²) in [4.78, 5) is 20.7. The Bertz CT molecular complexity index is 812. The summed E-state index contributed by atoms with van der Waals surface area (Å²) in [5.74, 6) is 0.409. The maximum atomic E-state index is 12.4. The summed E-state index contributed by atoms with van der Waals surface area (Å²) < 4.78 is 1.76. The summed E-state index contributed by atoms with van der Waals surface area (Å²) in [6, 6.07) is 10.9. The highest BCUT2D eigenvalue weighted by molar-refractivity contribution is 5.94. The number of aromatic nitrogens is 3. The van der Waals surface area contributed by atoms with Crippen LogP contribution in [0.5, 0.6) is 0 Å². The van der Waals surface area contributed by atoms with Gasteiger partial charge in [0.05, 0.1) is 18.2 Å². The Morgan fingerprint density at radius 3 is 2.60 bits per heavy atom. The van der Waals surface area contributed by atoms with Gasteiger partial charge >= 0.3 is 0 Å². The Hall–Kier alpha value is -2.99. The van der Waals surface area contributed by atoms with Gasteiger partial charge in [-0.15, -0.1) is 0 Å². The first kappa shape index (κ1) is 16.9. The van der Waals surface area contributed by atoms with Crippen LogP contribution in [-0.4, -0.2) is 32.2 Å². The number of nitrogens with zero attached hydrogens (tertiary/aromatic N) is 3. The van der Waals surface area contributed by atoms with Gasteiger partial charge in [-0.2, -0.15) is 0 Å². The molecule has 0 saturated heterocycles. The quantitative estimate of drug-likeness (QED) is 0.724. The van der Waals surface area contributed by atoms with E-state index < -0.39 is 6.04 Å². The first-order chi connectivity index (χ1) is 12.2. The maximum absolute atomic E-state index is 12.4. The molecule has 0 aliphatic carbocycles. The van der Waals surface area contributed by atoms with Gasteiger partial charge in [-0.1, -0.05) is 31.2 Å². The molecule has 0 spiro atoms. The van der Waals surface area contributed by atoms with Crippen LogP contribution >= 0.6 is 0 Å². The normalized spacial score (nSPS) is 11.9. The summed E-state index contributed by atoms with van der Waals surface area (Å²) in [5, 5.41) is 12.5. The zero-order valence-corrected chi connectivity index (χ0v) is 14.0. The fourth-order valence-corrected chi connectivity index (χ4v) is 2.53. The first-order valence-corrected chi connectivity index (χ1v) is 8.16. The largest absolute Gasteiger partial charge is 0.394 e. The lowest BCUT2D eigenvalue weighted by molar-refractivity contribution is 0.0916. The minimum Gasteiger partial charge on any atom is -0.394 e. The smallest absolute Gasteiger partial charge is 0.253 e. The monoisotopic (exact) mass is 336 g/mol. The van der Waals surface area contributed by atoms with Crippen molar-refractivity contribution in [2.75, 3.05) is 6.61 Å². The van der Waals surface area contributed by atoms with E-state index in [1.54, 1.807) is 35.4 Å². The standard InChI is InChI=1S/C19H20N4O2/c1-2-14-3-5-15(6-4-14)17(12-24)22-19(25)16-7-8-18(21-11-16)23-10-9-20-13-23/h3-11,13,17,24H,2,12H2,1H3,(H,22,25). The molecule has 3 rings (SSSR count). The number of aryl methyl sites for hydroxylation is 1. The molecule has 1 atom stereocenters. The molecule has 6 heteroatoms. The van der Waals surface area contributed by atoms with Gasteiger partial charge < -0.3 is 10.4 Å². The van der Waals surface area contributed by atoms with Crippen molar-refractivity contribution in [2.24, 2.45) is 0 Å². The van der Waals surface area contributed by atoms with Crippen molar-refractivity contribution in [2.45, 2.75) is 19.4 Å². The highest BCUT2D eigenvalue weighted by Gasteiger charge is 2.15. The van der Waals surface area contributed by atoms with E-state index in [2.05, 4.69) is 22.2 Å². The number of aliphatic hydroxyl groups is 1. The number of rotatable bonds is 6. The summed E-state index contributed by atoms with van der Waals surface area (Å²) >= 11 is 0. The van der Waals surface area contributed by atoms with Crippen molar-refractivity contribution in [3.8, 4) is 5.82 Å². The van der Waals surface area contributed by atoms with Crippen LogP contribution in [0.3, 0.4) is 0 Å². The Morgan fingerprint density at radius 1 is 1.24 bits per heavy atom. The minimum absolute atomic E-state index is 0.169. The van der Waals surface area contributed by atoms with Crippen molar-refractivity contribution in [3.05, 3.63) is 78.0 Å². The molecular formula is C19H20N4O2. The van der Waals surface area contributed by atoms with E-state index in [-0.39, 0.29) is 12.5 Å². The third-order valence-corrected chi connectivity index (χ3v) is 4.06. The Kier molecular flexibility index (Phi) is 5.20. The SMILES string of the molecule is CCc1ccc(C(CO)NC(=O)c2ccc(-n3ccnc3)nc2)cc1. The lowest BCUT2D eigenvalue weighted by Crippen LogP contribution is -2.30. The summed E-state index contributed by atoms with van der Waals surface area (Å²) in [5.41, 5.74) is 2.52. The van der Waals surface area contributed by atoms with Crippen LogP contribution in [0, 0.1) is 0 Å². The van der Waals surface area contributed by atoms with Crippen molar-refractivity contribution in [1.29, 1.82) is 0 Å². The van der Waals surface area contributed by atoms with Crippen LogP contribution in [0.15, 0.2) is 61.3 Å². The van der Waals surface area contributed by atoms with Gasteiger partial charge in [0, 0.05) is 18.6 Å². The average molecular weight is 336 g/mol. The van der Waals surface area contributed by atoms with Crippen molar-refractivity contribution >= 4 is 5.91 Å². The fraction of sp³-hybridized carbons (Fsp3) is 0.211. The minimum atomic E-state index is -0.452. The molecule has 0 radical (unpaired) electrons. The van der Waals surface area contributed by atoms with Gasteiger partial charge in [0.25, 0.3) is 5.91 Å². The molecule has 0 bridgehead atoms. The van der Waals surface area contributed by atoms with Crippen molar-refractivity contribution in [1.82, 2.24) is 19.9 Å². The first-order valence-electron chi connectivity index (χ1n) is 8.16. The molecule has 2 aromatic heterocycles. The fourth-order valence-electron chi connectivity index (χ4n) is 2.53. The molecule has 0 saturated carbocycles. The maximum Gasteiger partial charge on any atom is 0.253 e. The lowest BCUT2D eigenvalue weighted by Gasteiger charge is -2.17. The van der Waals surface area contributed by atoms with Gasteiger partial charge in [0.2, 0.25) is 0 Å². The number of hydrogen-bond acceptors (Lipinski definition) is 4. The second-order valence-corrected chi connectivity index (χ2v) is 5.68. The van der Waals surface area contributed by atoms with Gasteiger partial charge in [-0.3, -0.25) is 9.36 Å². The zero-order valence-electron chi connectivity index (χ0n) is 14.0. The molecule has 128 valence electrons. The molecule has 0 fully saturated rings. The van der Waals surface area contributed by atoms with Crippen LogP contribution in [-0.2, 0) is 6.42 Å². The number of carbonyl (C=O) groups is 1. The summed E-state index contributed by atoms with van der Waals surface area (Å²) in [7, 11) is 0. The molecule has 2 heterocycles. The van der Waals surface area contributed by atoms with Crippen LogP contribution in [0.25, 0.3) is 5.82 Å². The van der Waals surface area contributed by atoms with E-state index >= 15 is 0 Å². The number of benzene rings is 1. The topological polar surface area (TPSA) is 80.0 Å². The van der Waals surface area contributed by atoms with E-state index in [9.17, 15) is 9.90 Å². The van der Waals surface area contributed by atoms with E-state index in [0.29, 0.717) is 11.4 Å². The number of imidazole rings is 1. The molecule has 3 aromatic rings. The van der Waals surface area contributed by atoms with Crippen LogP contribution in [0.4, 0.5) is 0 Å². The number of amides is 1. The summed E-state index contributed by atoms with van der Waals surface area (Å²) in [6.45, 7) is 1.92. The highest BCUT2D eigenvalue weighted by atomic mass is 16.3. The number of nitrogens with one attached hydrogen (secondary N) is 1. The Balaban J connectivity index is 1.71.